The molecule has 1 heterocycles. The average molecular weight is 618 g/mol. The minimum absolute atomic E-state index is 0.00697. The third kappa shape index (κ3) is 6.48. The molecule has 11 nitrogen and oxygen atoms in total. The van der Waals surface area contributed by atoms with E-state index in [1.54, 1.807) is 18.2 Å². The van der Waals surface area contributed by atoms with Gasteiger partial charge in [-0.15, -0.1) is 0 Å². The molecule has 13 heteroatoms. The molecule has 4 rings (SSSR count). The molecule has 3 N–H and O–H groups in total. The lowest BCUT2D eigenvalue weighted by Gasteiger charge is -2.39. The molecule has 1 saturated heterocycles. The maximum atomic E-state index is 14.3. The molecule has 0 bridgehead atoms. The van der Waals surface area contributed by atoms with Gasteiger partial charge in [-0.25, -0.2) is 9.79 Å². The third-order valence-electron chi connectivity index (χ3n) is 7.38. The van der Waals surface area contributed by atoms with Crippen LogP contribution in [0.25, 0.3) is 0 Å². The molecule has 0 aromatic heterocycles. The molecule has 2 aromatic carbocycles. The van der Waals surface area contributed by atoms with E-state index < -0.39 is 11.0 Å². The number of rotatable bonds is 9. The molecule has 2 aliphatic rings. The number of allylic oxidation sites excluding steroid dienone is 1. The van der Waals surface area contributed by atoms with Gasteiger partial charge < -0.3 is 20.5 Å². The van der Waals surface area contributed by atoms with E-state index in [0.717, 1.165) is 25.7 Å². The number of carbonyl (C=O) groups excluding carboxylic acids is 1. The zero-order chi connectivity index (χ0) is 30.6. The highest BCUT2D eigenvalue weighted by atomic mass is 35.5. The first-order valence-electron chi connectivity index (χ1n) is 13.5. The number of nitrogens with one attached hydrogen (secondary N) is 1. The fourth-order valence-corrected chi connectivity index (χ4v) is 5.87. The first kappa shape index (κ1) is 31.1. The second-order valence-corrected chi connectivity index (χ2v) is 10.8. The number of methoxy groups -OCH3 is 2. The molecule has 2 unspecified atom stereocenters. The predicted octanol–water partition coefficient (Wildman–Crippen LogP) is 6.04. The number of amides is 2. The van der Waals surface area contributed by atoms with Crippen molar-refractivity contribution in [2.24, 2.45) is 10.7 Å². The Morgan fingerprint density at radius 1 is 1.21 bits per heavy atom. The zero-order valence-corrected chi connectivity index (χ0v) is 25.2. The summed E-state index contributed by atoms with van der Waals surface area (Å²) in [6, 6.07) is 7.09. The molecule has 0 spiro atoms. The highest BCUT2D eigenvalue weighted by Gasteiger charge is 2.38. The summed E-state index contributed by atoms with van der Waals surface area (Å²) in [7, 11) is 2.90. The standard InChI is InChI=1S/C29H34Cl2N6O5/c1-5-19-16-35(27-25(30)23(41-3)14-24(42-4)26(27)31)29(38)36(15-18-9-8-10-20(13-18)37(39)40)28(19)34-17(2)33-22-12-7-6-11-21(22)32/h5,8-10,13-14,21-22,33H,2,6-7,11-12,15-16,32H2,1,3-4H3/b19-5-,34-28+. The summed E-state index contributed by atoms with van der Waals surface area (Å²) in [4.78, 5) is 32.9. The van der Waals surface area contributed by atoms with Gasteiger partial charge in [0.05, 0.1) is 37.9 Å². The van der Waals surface area contributed by atoms with Crippen molar-refractivity contribution >= 4 is 46.4 Å². The lowest BCUT2D eigenvalue weighted by Crippen LogP contribution is -2.54. The fraction of sp³-hybridized carbons (Fsp3) is 0.379. The number of non-ortho nitro benzene ring substituents is 1. The van der Waals surface area contributed by atoms with Gasteiger partial charge in [0.1, 0.15) is 33.2 Å². The Labute approximate surface area is 254 Å². The largest absolute Gasteiger partial charge is 0.495 e. The molecule has 42 heavy (non-hydrogen) atoms. The molecule has 0 radical (unpaired) electrons. The number of benzene rings is 2. The number of nitro groups is 1. The van der Waals surface area contributed by atoms with E-state index >= 15 is 0 Å². The molecule has 2 atom stereocenters. The number of hydrogen-bond acceptors (Lipinski definition) is 8. The van der Waals surface area contributed by atoms with E-state index in [-0.39, 0.29) is 58.1 Å². The van der Waals surface area contributed by atoms with E-state index in [2.05, 4.69) is 11.9 Å². The molecule has 2 amide bonds. The molecular formula is C29H34Cl2N6O5. The quantitative estimate of drug-likeness (QED) is 0.259. The van der Waals surface area contributed by atoms with E-state index in [9.17, 15) is 14.9 Å². The SMILES string of the molecule is C=C(/N=C1\C(=C/C)CN(c2c(Cl)c(OC)cc(OC)c2Cl)C(=O)N1Cc1cccc([N+](=O)[O-])c1)NC1CCCCC1N. The smallest absolute Gasteiger partial charge is 0.330 e. The number of carbonyl (C=O) groups is 1. The Bertz CT molecular complexity index is 1420. The maximum absolute atomic E-state index is 14.3. The average Bonchev–Trinajstić information content (AvgIpc) is 2.97. The monoisotopic (exact) mass is 616 g/mol. The number of nitrogens with zero attached hydrogens (tertiary/aromatic N) is 4. The first-order chi connectivity index (χ1) is 20.1. The summed E-state index contributed by atoms with van der Waals surface area (Å²) in [5.41, 5.74) is 7.63. The van der Waals surface area contributed by atoms with Crippen molar-refractivity contribution in [3.8, 4) is 11.5 Å². The van der Waals surface area contributed by atoms with E-state index in [1.807, 2.05) is 13.0 Å². The topological polar surface area (TPSA) is 136 Å². The van der Waals surface area contributed by atoms with Crippen LogP contribution < -0.4 is 25.4 Å². The van der Waals surface area contributed by atoms with Crippen molar-refractivity contribution in [1.82, 2.24) is 10.2 Å². The maximum Gasteiger partial charge on any atom is 0.330 e. The molecule has 2 aromatic rings. The van der Waals surface area contributed by atoms with Crippen LogP contribution in [0.5, 0.6) is 11.5 Å². The van der Waals surface area contributed by atoms with E-state index in [0.29, 0.717) is 22.8 Å². The van der Waals surface area contributed by atoms with Gasteiger partial charge in [0.15, 0.2) is 0 Å². The van der Waals surface area contributed by atoms with Gasteiger partial charge >= 0.3 is 6.03 Å². The number of halogens is 2. The highest BCUT2D eigenvalue weighted by Crippen LogP contribution is 2.47. The summed E-state index contributed by atoms with van der Waals surface area (Å²) in [5, 5.41) is 15.0. The van der Waals surface area contributed by atoms with Crippen LogP contribution in [0.3, 0.4) is 0 Å². The number of nitrogens with two attached hydrogens (primary N) is 1. The summed E-state index contributed by atoms with van der Waals surface area (Å²) in [6.07, 6.45) is 5.75. The van der Waals surface area contributed by atoms with Crippen LogP contribution in [0, 0.1) is 10.1 Å². The van der Waals surface area contributed by atoms with Crippen molar-refractivity contribution in [2.45, 2.75) is 51.2 Å². The van der Waals surface area contributed by atoms with Crippen molar-refractivity contribution < 1.29 is 19.2 Å². The Balaban J connectivity index is 1.80. The van der Waals surface area contributed by atoms with Crippen molar-refractivity contribution in [2.75, 3.05) is 25.7 Å². The van der Waals surface area contributed by atoms with Crippen LogP contribution >= 0.6 is 23.2 Å². The molecule has 1 aliphatic heterocycles. The van der Waals surface area contributed by atoms with Crippen LogP contribution in [0.1, 0.15) is 38.2 Å². The molecule has 1 saturated carbocycles. The number of hydrogen-bond donors (Lipinski definition) is 2. The number of anilines is 1. The Morgan fingerprint density at radius 3 is 2.48 bits per heavy atom. The van der Waals surface area contributed by atoms with Gasteiger partial charge in [-0.1, -0.05) is 60.8 Å². The molecule has 2 fully saturated rings. The highest BCUT2D eigenvalue weighted by molar-refractivity contribution is 6.42. The number of nitro benzene ring substituents is 1. The van der Waals surface area contributed by atoms with Crippen LogP contribution in [-0.4, -0.2) is 54.5 Å². The minimum atomic E-state index is -0.507. The number of aliphatic imine (C=N–C) groups is 1. The Morgan fingerprint density at radius 2 is 1.88 bits per heavy atom. The second-order valence-electron chi connectivity index (χ2n) is 10.0. The van der Waals surface area contributed by atoms with Crippen LogP contribution in [0.4, 0.5) is 16.2 Å². The summed E-state index contributed by atoms with van der Waals surface area (Å²) < 4.78 is 10.8. The van der Waals surface area contributed by atoms with E-state index in [1.165, 1.54) is 36.2 Å². The lowest BCUT2D eigenvalue weighted by atomic mass is 9.91. The Hall–Kier alpha value is -3.80. The minimum Gasteiger partial charge on any atom is -0.495 e. The second kappa shape index (κ2) is 13.5. The predicted molar refractivity (Wildman–Crippen MR) is 165 cm³/mol. The molecular weight excluding hydrogens is 583 g/mol. The number of ether oxygens (including phenoxy) is 2. The normalized spacial score (nSPS) is 21.0. The number of urea groups is 1. The fourth-order valence-electron chi connectivity index (χ4n) is 5.16. The summed E-state index contributed by atoms with van der Waals surface area (Å²) in [6.45, 7) is 5.98. The van der Waals surface area contributed by atoms with Crippen molar-refractivity contribution in [3.05, 3.63) is 80.1 Å². The van der Waals surface area contributed by atoms with Crippen molar-refractivity contribution in [1.29, 1.82) is 0 Å². The van der Waals surface area contributed by atoms with Crippen LogP contribution in [0.2, 0.25) is 10.0 Å². The number of amidine groups is 1. The van der Waals surface area contributed by atoms with Gasteiger partial charge in [-0.3, -0.25) is 19.9 Å². The summed E-state index contributed by atoms with van der Waals surface area (Å²) in [5.74, 6) is 1.24. The molecule has 224 valence electrons. The van der Waals surface area contributed by atoms with Gasteiger partial charge in [0.25, 0.3) is 5.69 Å². The Kier molecular flexibility index (Phi) is 9.97. The third-order valence-corrected chi connectivity index (χ3v) is 8.11. The zero-order valence-electron chi connectivity index (χ0n) is 23.7. The lowest BCUT2D eigenvalue weighted by molar-refractivity contribution is -0.384. The first-order valence-corrected chi connectivity index (χ1v) is 14.2. The summed E-state index contributed by atoms with van der Waals surface area (Å²) >= 11 is 13.4. The van der Waals surface area contributed by atoms with Crippen molar-refractivity contribution in [3.63, 3.8) is 0 Å². The molecule has 1 aliphatic carbocycles. The van der Waals surface area contributed by atoms with Gasteiger partial charge in [0, 0.05) is 35.9 Å². The van der Waals surface area contributed by atoms with Gasteiger partial charge in [0.2, 0.25) is 0 Å². The van der Waals surface area contributed by atoms with Gasteiger partial charge in [-0.2, -0.15) is 0 Å². The van der Waals surface area contributed by atoms with Crippen LogP contribution in [0.15, 0.2) is 59.4 Å². The van der Waals surface area contributed by atoms with E-state index in [4.69, 9.17) is 43.4 Å². The van der Waals surface area contributed by atoms with Crippen LogP contribution in [-0.2, 0) is 6.54 Å². The van der Waals surface area contributed by atoms with Gasteiger partial charge in [-0.05, 0) is 25.3 Å².